The number of hydrogen-bond acceptors (Lipinski definition) is 6. The van der Waals surface area contributed by atoms with Gasteiger partial charge in [-0.3, -0.25) is 0 Å². The lowest BCUT2D eigenvalue weighted by atomic mass is 10.1. The number of ether oxygens (including phenoxy) is 1. The first-order chi connectivity index (χ1) is 10.4. The fourth-order valence-electron chi connectivity index (χ4n) is 1.81. The lowest BCUT2D eigenvalue weighted by molar-refractivity contribution is 0.0601. The zero-order chi connectivity index (χ0) is 16.2. The monoisotopic (exact) mass is 300 g/mol. The highest BCUT2D eigenvalue weighted by molar-refractivity contribution is 5.89. The van der Waals surface area contributed by atoms with Crippen LogP contribution in [-0.2, 0) is 4.74 Å². The maximum Gasteiger partial charge on any atom is 0.337 e. The number of carbonyl (C=O) groups excluding carboxylic acids is 1. The Hall–Kier alpha value is -2.63. The molecule has 0 saturated heterocycles. The van der Waals surface area contributed by atoms with Gasteiger partial charge in [-0.15, -0.1) is 0 Å². The molecule has 0 aliphatic carbocycles. The lowest BCUT2D eigenvalue weighted by Gasteiger charge is -2.21. The largest absolute Gasteiger partial charge is 0.465 e. The minimum atomic E-state index is -0.362. The third-order valence-electron chi connectivity index (χ3n) is 2.72. The van der Waals surface area contributed by atoms with Gasteiger partial charge in [0, 0.05) is 17.4 Å². The Morgan fingerprint density at radius 1 is 1.14 bits per heavy atom. The first-order valence-corrected chi connectivity index (χ1v) is 6.94. The van der Waals surface area contributed by atoms with E-state index in [1.807, 2.05) is 6.07 Å². The van der Waals surface area contributed by atoms with Crippen LogP contribution >= 0.6 is 0 Å². The summed E-state index contributed by atoms with van der Waals surface area (Å²) in [5, 5.41) is 6.39. The Labute approximate surface area is 129 Å². The number of anilines is 3. The highest BCUT2D eigenvalue weighted by Crippen LogP contribution is 2.17. The minimum Gasteiger partial charge on any atom is -0.465 e. The molecule has 2 aromatic rings. The predicted octanol–water partition coefficient (Wildman–Crippen LogP) is 3.22. The third kappa shape index (κ3) is 4.44. The second kappa shape index (κ2) is 6.43. The third-order valence-corrected chi connectivity index (χ3v) is 2.72. The van der Waals surface area contributed by atoms with Gasteiger partial charge in [-0.05, 0) is 51.1 Å². The van der Waals surface area contributed by atoms with E-state index in [-0.39, 0.29) is 11.5 Å². The normalized spacial score (nSPS) is 10.9. The van der Waals surface area contributed by atoms with E-state index in [0.29, 0.717) is 11.5 Å². The van der Waals surface area contributed by atoms with Crippen molar-refractivity contribution in [2.75, 3.05) is 17.7 Å². The Kier molecular flexibility index (Phi) is 4.60. The predicted molar refractivity (Wildman–Crippen MR) is 86.5 cm³/mol. The van der Waals surface area contributed by atoms with Crippen molar-refractivity contribution in [3.8, 4) is 0 Å². The first-order valence-electron chi connectivity index (χ1n) is 6.94. The molecule has 22 heavy (non-hydrogen) atoms. The first kappa shape index (κ1) is 15.8. The van der Waals surface area contributed by atoms with Crippen molar-refractivity contribution in [2.45, 2.75) is 26.3 Å². The molecule has 1 heterocycles. The summed E-state index contributed by atoms with van der Waals surface area (Å²) < 4.78 is 4.66. The van der Waals surface area contributed by atoms with Gasteiger partial charge < -0.3 is 15.4 Å². The molecule has 0 atom stereocenters. The van der Waals surface area contributed by atoms with E-state index in [1.54, 1.807) is 30.5 Å². The van der Waals surface area contributed by atoms with E-state index in [4.69, 9.17) is 0 Å². The Morgan fingerprint density at radius 3 is 2.41 bits per heavy atom. The molecule has 116 valence electrons. The molecular weight excluding hydrogens is 280 g/mol. The van der Waals surface area contributed by atoms with E-state index in [0.717, 1.165) is 11.5 Å². The second-order valence-electron chi connectivity index (χ2n) is 5.83. The lowest BCUT2D eigenvalue weighted by Crippen LogP contribution is -2.26. The molecule has 2 N–H and O–H groups in total. The molecule has 0 aliphatic rings. The summed E-state index contributed by atoms with van der Waals surface area (Å²) in [4.78, 5) is 20.0. The molecule has 0 fully saturated rings. The molecule has 0 amide bonds. The van der Waals surface area contributed by atoms with Crippen LogP contribution in [0, 0.1) is 0 Å². The van der Waals surface area contributed by atoms with Gasteiger partial charge >= 0.3 is 5.97 Å². The summed E-state index contributed by atoms with van der Waals surface area (Å²) >= 11 is 0. The summed E-state index contributed by atoms with van der Waals surface area (Å²) in [5.41, 5.74) is 1.21. The second-order valence-corrected chi connectivity index (χ2v) is 5.83. The molecule has 0 saturated carbocycles. The highest BCUT2D eigenvalue weighted by atomic mass is 16.5. The van der Waals surface area contributed by atoms with Crippen LogP contribution in [0.4, 0.5) is 17.5 Å². The quantitative estimate of drug-likeness (QED) is 0.844. The average molecular weight is 300 g/mol. The van der Waals surface area contributed by atoms with Gasteiger partial charge in [-0.2, -0.15) is 4.98 Å². The number of hydrogen-bond donors (Lipinski definition) is 2. The van der Waals surface area contributed by atoms with E-state index in [2.05, 4.69) is 46.1 Å². The van der Waals surface area contributed by atoms with Crippen molar-refractivity contribution in [1.82, 2.24) is 9.97 Å². The molecule has 1 aromatic heterocycles. The zero-order valence-electron chi connectivity index (χ0n) is 13.2. The molecule has 2 rings (SSSR count). The molecule has 0 bridgehead atoms. The van der Waals surface area contributed by atoms with Crippen LogP contribution in [0.2, 0.25) is 0 Å². The number of esters is 1. The molecule has 1 aromatic carbocycles. The molecule has 0 aliphatic heterocycles. The van der Waals surface area contributed by atoms with E-state index in [9.17, 15) is 4.79 Å². The van der Waals surface area contributed by atoms with Gasteiger partial charge in [0.1, 0.15) is 5.82 Å². The molecule has 6 nitrogen and oxygen atoms in total. The van der Waals surface area contributed by atoms with Gasteiger partial charge in [-0.25, -0.2) is 9.78 Å². The number of carbonyl (C=O) groups is 1. The van der Waals surface area contributed by atoms with Gasteiger partial charge in [0.05, 0.1) is 12.7 Å². The van der Waals surface area contributed by atoms with E-state index >= 15 is 0 Å². The maximum absolute atomic E-state index is 11.4. The zero-order valence-corrected chi connectivity index (χ0v) is 13.2. The van der Waals surface area contributed by atoms with Crippen LogP contribution in [0.15, 0.2) is 36.5 Å². The number of aromatic nitrogens is 2. The van der Waals surface area contributed by atoms with Crippen molar-refractivity contribution in [3.05, 3.63) is 42.1 Å². The Bertz CT molecular complexity index is 648. The Morgan fingerprint density at radius 2 is 1.82 bits per heavy atom. The highest BCUT2D eigenvalue weighted by Gasteiger charge is 2.11. The molecule has 6 heteroatoms. The van der Waals surface area contributed by atoms with E-state index in [1.165, 1.54) is 7.11 Å². The topological polar surface area (TPSA) is 76.1 Å². The van der Waals surface area contributed by atoms with Gasteiger partial charge in [0.2, 0.25) is 5.95 Å². The van der Waals surface area contributed by atoms with Crippen molar-refractivity contribution in [1.29, 1.82) is 0 Å². The average Bonchev–Trinajstić information content (AvgIpc) is 2.46. The minimum absolute atomic E-state index is 0.0756. The molecule has 0 unspecified atom stereocenters. The van der Waals surface area contributed by atoms with Crippen molar-refractivity contribution in [3.63, 3.8) is 0 Å². The fraction of sp³-hybridized carbons (Fsp3) is 0.312. The van der Waals surface area contributed by atoms with Crippen LogP contribution in [0.3, 0.4) is 0 Å². The van der Waals surface area contributed by atoms with Gasteiger partial charge in [0.15, 0.2) is 0 Å². The number of nitrogens with zero attached hydrogens (tertiary/aromatic N) is 2. The molecule has 0 spiro atoms. The van der Waals surface area contributed by atoms with Crippen LogP contribution in [0.25, 0.3) is 0 Å². The van der Waals surface area contributed by atoms with Crippen LogP contribution in [0.1, 0.15) is 31.1 Å². The van der Waals surface area contributed by atoms with Crippen molar-refractivity contribution >= 4 is 23.4 Å². The summed E-state index contributed by atoms with van der Waals surface area (Å²) in [6.45, 7) is 6.19. The summed E-state index contributed by atoms with van der Waals surface area (Å²) in [7, 11) is 1.36. The summed E-state index contributed by atoms with van der Waals surface area (Å²) in [5.74, 6) is 0.871. The van der Waals surface area contributed by atoms with Gasteiger partial charge in [0.25, 0.3) is 0 Å². The molecule has 0 radical (unpaired) electrons. The van der Waals surface area contributed by atoms with Crippen molar-refractivity contribution < 1.29 is 9.53 Å². The number of methoxy groups -OCH3 is 1. The fourth-order valence-corrected chi connectivity index (χ4v) is 1.81. The number of rotatable bonds is 4. The van der Waals surface area contributed by atoms with Gasteiger partial charge in [-0.1, -0.05) is 0 Å². The van der Waals surface area contributed by atoms with Crippen LogP contribution in [0.5, 0.6) is 0 Å². The summed E-state index contributed by atoms with van der Waals surface area (Å²) in [6, 6.07) is 8.74. The van der Waals surface area contributed by atoms with E-state index < -0.39 is 0 Å². The van der Waals surface area contributed by atoms with Crippen molar-refractivity contribution in [2.24, 2.45) is 0 Å². The van der Waals surface area contributed by atoms with Crippen LogP contribution in [-0.4, -0.2) is 28.6 Å². The standard InChI is InChI=1S/C16H20N4O2/c1-16(2,3)20-13-9-10-17-15(19-13)18-12-7-5-11(6-8-12)14(21)22-4/h5-10H,1-4H3,(H2,17,18,19,20). The number of nitrogens with one attached hydrogen (secondary N) is 2. The Balaban J connectivity index is 2.10. The summed E-state index contributed by atoms with van der Waals surface area (Å²) in [6.07, 6.45) is 1.69. The number of benzene rings is 1. The van der Waals surface area contributed by atoms with Crippen LogP contribution < -0.4 is 10.6 Å². The SMILES string of the molecule is COC(=O)c1ccc(Nc2nccc(NC(C)(C)C)n2)cc1. The maximum atomic E-state index is 11.4. The molecular formula is C16H20N4O2. The smallest absolute Gasteiger partial charge is 0.337 e.